The summed E-state index contributed by atoms with van der Waals surface area (Å²) in [7, 11) is 3.36. The minimum atomic E-state index is -1.17. The third-order valence-electron chi connectivity index (χ3n) is 3.70. The summed E-state index contributed by atoms with van der Waals surface area (Å²) < 4.78 is 1.37. The van der Waals surface area contributed by atoms with Crippen molar-refractivity contribution in [3.63, 3.8) is 0 Å². The van der Waals surface area contributed by atoms with Crippen LogP contribution in [0.2, 0.25) is 0 Å². The maximum atomic E-state index is 12.4. The van der Waals surface area contributed by atoms with Crippen LogP contribution in [0.1, 0.15) is 53.0 Å². The van der Waals surface area contributed by atoms with E-state index in [0.29, 0.717) is 0 Å². The predicted octanol–water partition coefficient (Wildman–Crippen LogP) is 1.52. The van der Waals surface area contributed by atoms with Crippen LogP contribution >= 0.6 is 0 Å². The molecule has 19 heavy (non-hydrogen) atoms. The van der Waals surface area contributed by atoms with Gasteiger partial charge in [0.05, 0.1) is 5.56 Å². The van der Waals surface area contributed by atoms with Crippen molar-refractivity contribution in [3.8, 4) is 0 Å². The molecule has 1 aromatic heterocycles. The van der Waals surface area contributed by atoms with Gasteiger partial charge in [-0.25, -0.2) is 4.79 Å². The van der Waals surface area contributed by atoms with Gasteiger partial charge in [-0.1, -0.05) is 19.3 Å². The van der Waals surface area contributed by atoms with Crippen molar-refractivity contribution in [2.75, 3.05) is 7.05 Å². The molecule has 1 fully saturated rings. The highest BCUT2D eigenvalue weighted by molar-refractivity contribution is 6.03. The summed E-state index contributed by atoms with van der Waals surface area (Å²) in [6.45, 7) is 0. The van der Waals surface area contributed by atoms with E-state index in [1.807, 2.05) is 0 Å². The fourth-order valence-electron chi connectivity index (χ4n) is 2.63. The van der Waals surface area contributed by atoms with Gasteiger partial charge in [0.15, 0.2) is 5.69 Å². The molecule has 6 nitrogen and oxygen atoms in total. The Labute approximate surface area is 112 Å². The first-order chi connectivity index (χ1) is 9.00. The van der Waals surface area contributed by atoms with E-state index in [0.717, 1.165) is 25.7 Å². The Morgan fingerprint density at radius 2 is 2.00 bits per heavy atom. The lowest BCUT2D eigenvalue weighted by atomic mass is 9.94. The third-order valence-corrected chi connectivity index (χ3v) is 3.70. The Bertz CT molecular complexity index is 489. The van der Waals surface area contributed by atoms with Crippen molar-refractivity contribution in [1.82, 2.24) is 14.7 Å². The maximum Gasteiger partial charge on any atom is 0.357 e. The van der Waals surface area contributed by atoms with Crippen LogP contribution in [-0.4, -0.2) is 44.8 Å². The summed E-state index contributed by atoms with van der Waals surface area (Å²) in [4.78, 5) is 25.2. The first-order valence-electron chi connectivity index (χ1n) is 6.55. The molecule has 1 N–H and O–H groups in total. The molecule has 0 aliphatic heterocycles. The van der Waals surface area contributed by atoms with Gasteiger partial charge < -0.3 is 10.0 Å². The molecule has 1 aliphatic carbocycles. The van der Waals surface area contributed by atoms with Crippen LogP contribution < -0.4 is 0 Å². The van der Waals surface area contributed by atoms with E-state index >= 15 is 0 Å². The number of amides is 1. The molecule has 1 amide bonds. The molecule has 0 spiro atoms. The molecular formula is C13H19N3O3. The van der Waals surface area contributed by atoms with Gasteiger partial charge in [0.25, 0.3) is 5.91 Å². The van der Waals surface area contributed by atoms with Gasteiger partial charge >= 0.3 is 5.97 Å². The molecule has 0 atom stereocenters. The second-order valence-corrected chi connectivity index (χ2v) is 5.08. The number of aromatic nitrogens is 2. The second kappa shape index (κ2) is 5.42. The number of aryl methyl sites for hydroxylation is 1. The molecule has 0 aromatic carbocycles. The van der Waals surface area contributed by atoms with Crippen molar-refractivity contribution >= 4 is 11.9 Å². The zero-order valence-corrected chi connectivity index (χ0v) is 11.3. The van der Waals surface area contributed by atoms with Gasteiger partial charge in [0, 0.05) is 26.3 Å². The molecule has 104 valence electrons. The van der Waals surface area contributed by atoms with E-state index < -0.39 is 5.97 Å². The summed E-state index contributed by atoms with van der Waals surface area (Å²) in [6.07, 6.45) is 6.93. The molecule has 0 saturated heterocycles. The van der Waals surface area contributed by atoms with Crippen molar-refractivity contribution in [3.05, 3.63) is 17.5 Å². The number of hydrogen-bond acceptors (Lipinski definition) is 3. The van der Waals surface area contributed by atoms with Gasteiger partial charge in [0.2, 0.25) is 0 Å². The quantitative estimate of drug-likeness (QED) is 0.899. The second-order valence-electron chi connectivity index (χ2n) is 5.08. The molecule has 6 heteroatoms. The Kier molecular flexibility index (Phi) is 3.87. The zero-order chi connectivity index (χ0) is 14.0. The van der Waals surface area contributed by atoms with Crippen LogP contribution in [0.5, 0.6) is 0 Å². The summed E-state index contributed by atoms with van der Waals surface area (Å²) in [5.41, 5.74) is -0.00164. The fourth-order valence-corrected chi connectivity index (χ4v) is 2.63. The summed E-state index contributed by atoms with van der Waals surface area (Å²) in [6, 6.07) is 0.211. The van der Waals surface area contributed by atoms with Crippen molar-refractivity contribution in [2.24, 2.45) is 7.05 Å². The molecule has 1 aromatic rings. The zero-order valence-electron chi connectivity index (χ0n) is 11.3. The topological polar surface area (TPSA) is 75.4 Å². The van der Waals surface area contributed by atoms with E-state index in [1.165, 1.54) is 17.3 Å². The predicted molar refractivity (Wildman–Crippen MR) is 69.1 cm³/mol. The van der Waals surface area contributed by atoms with Crippen molar-refractivity contribution in [2.45, 2.75) is 38.1 Å². The van der Waals surface area contributed by atoms with E-state index in [4.69, 9.17) is 5.11 Å². The highest BCUT2D eigenvalue weighted by Gasteiger charge is 2.28. The van der Waals surface area contributed by atoms with E-state index in [2.05, 4.69) is 5.10 Å². The van der Waals surface area contributed by atoms with Crippen LogP contribution in [0.4, 0.5) is 0 Å². The molecular weight excluding hydrogens is 246 g/mol. The maximum absolute atomic E-state index is 12.4. The van der Waals surface area contributed by atoms with Gasteiger partial charge in [-0.15, -0.1) is 0 Å². The molecule has 0 bridgehead atoms. The average Bonchev–Trinajstić information content (AvgIpc) is 2.80. The SMILES string of the molecule is CN(C(=O)c1cn(C)nc1C(=O)O)C1CCCCC1. The highest BCUT2D eigenvalue weighted by Crippen LogP contribution is 2.23. The first kappa shape index (κ1) is 13.6. The molecule has 0 radical (unpaired) electrons. The largest absolute Gasteiger partial charge is 0.476 e. The van der Waals surface area contributed by atoms with Crippen LogP contribution in [0.3, 0.4) is 0 Å². The Balaban J connectivity index is 2.20. The van der Waals surface area contributed by atoms with E-state index in [-0.39, 0.29) is 23.2 Å². The lowest BCUT2D eigenvalue weighted by Crippen LogP contribution is -2.38. The smallest absolute Gasteiger partial charge is 0.357 e. The lowest BCUT2D eigenvalue weighted by molar-refractivity contribution is 0.0651. The molecule has 0 unspecified atom stereocenters. The lowest BCUT2D eigenvalue weighted by Gasteiger charge is -2.31. The van der Waals surface area contributed by atoms with Gasteiger partial charge in [-0.05, 0) is 12.8 Å². The fraction of sp³-hybridized carbons (Fsp3) is 0.615. The van der Waals surface area contributed by atoms with Crippen molar-refractivity contribution < 1.29 is 14.7 Å². The average molecular weight is 265 g/mol. The molecule has 2 rings (SSSR count). The van der Waals surface area contributed by atoms with Gasteiger partial charge in [-0.3, -0.25) is 9.48 Å². The standard InChI is InChI=1S/C13H19N3O3/c1-15-8-10(11(14-15)13(18)19)12(17)16(2)9-6-4-3-5-7-9/h8-9H,3-7H2,1-2H3,(H,18,19). The third kappa shape index (κ3) is 2.77. The number of rotatable bonds is 3. The minimum absolute atomic E-state index is 0.170. The highest BCUT2D eigenvalue weighted by atomic mass is 16.4. The molecule has 1 saturated carbocycles. The molecule has 1 aliphatic rings. The monoisotopic (exact) mass is 265 g/mol. The van der Waals surface area contributed by atoms with Crippen LogP contribution in [0, 0.1) is 0 Å². The normalized spacial score (nSPS) is 16.3. The Hall–Kier alpha value is -1.85. The number of carbonyl (C=O) groups is 2. The summed E-state index contributed by atoms with van der Waals surface area (Å²) in [5.74, 6) is -1.42. The number of nitrogens with zero attached hydrogens (tertiary/aromatic N) is 3. The van der Waals surface area contributed by atoms with E-state index in [9.17, 15) is 9.59 Å². The van der Waals surface area contributed by atoms with Crippen LogP contribution in [-0.2, 0) is 7.05 Å². The first-order valence-corrected chi connectivity index (χ1v) is 6.55. The number of carbonyl (C=O) groups excluding carboxylic acids is 1. The summed E-state index contributed by atoms with van der Waals surface area (Å²) >= 11 is 0. The number of carboxylic acids is 1. The number of carboxylic acid groups (broad SMARTS) is 1. The van der Waals surface area contributed by atoms with Gasteiger partial charge in [-0.2, -0.15) is 5.10 Å². The molecule has 1 heterocycles. The number of hydrogen-bond donors (Lipinski definition) is 1. The van der Waals surface area contributed by atoms with Crippen molar-refractivity contribution in [1.29, 1.82) is 0 Å². The van der Waals surface area contributed by atoms with Gasteiger partial charge in [0.1, 0.15) is 0 Å². The number of aromatic carboxylic acids is 1. The Morgan fingerprint density at radius 3 is 2.58 bits per heavy atom. The minimum Gasteiger partial charge on any atom is -0.476 e. The van der Waals surface area contributed by atoms with E-state index in [1.54, 1.807) is 19.0 Å². The van der Waals surface area contributed by atoms with Crippen LogP contribution in [0.15, 0.2) is 6.20 Å². The Morgan fingerprint density at radius 1 is 1.37 bits per heavy atom. The van der Waals surface area contributed by atoms with Crippen LogP contribution in [0.25, 0.3) is 0 Å². The summed E-state index contributed by atoms with van der Waals surface area (Å²) in [5, 5.41) is 12.9.